The van der Waals surface area contributed by atoms with Gasteiger partial charge in [-0.25, -0.2) is 0 Å². The van der Waals surface area contributed by atoms with E-state index in [9.17, 15) is 4.79 Å². The Balaban J connectivity index is 1.91. The van der Waals surface area contributed by atoms with E-state index >= 15 is 0 Å². The van der Waals surface area contributed by atoms with E-state index in [0.717, 1.165) is 55.4 Å². The number of halogens is 2. The minimum Gasteiger partial charge on any atom is -0.491 e. The molecule has 0 saturated carbocycles. The zero-order chi connectivity index (χ0) is 22.5. The Hall–Kier alpha value is -1.13. The van der Waals surface area contributed by atoms with Gasteiger partial charge in [0.2, 0.25) is 0 Å². The Labute approximate surface area is 212 Å². The first-order chi connectivity index (χ1) is 14.8. The van der Waals surface area contributed by atoms with E-state index in [2.05, 4.69) is 78.0 Å². The second-order valence-corrected chi connectivity index (χ2v) is 10.6. The molecule has 0 spiro atoms. The summed E-state index contributed by atoms with van der Waals surface area (Å²) >= 11 is 4.54. The van der Waals surface area contributed by atoms with Crippen molar-refractivity contribution in [3.8, 4) is 5.75 Å². The van der Waals surface area contributed by atoms with Crippen molar-refractivity contribution in [2.75, 3.05) is 27.2 Å². The SMILES string of the molecule is CCCCc1oc2ccccc2c1C(=O)c1cc(I)c(OCC(C)CN(C)C)c(I)c1. The van der Waals surface area contributed by atoms with Crippen molar-refractivity contribution in [2.24, 2.45) is 5.92 Å². The molecule has 1 atom stereocenters. The number of aryl methyl sites for hydroxylation is 1. The van der Waals surface area contributed by atoms with Crippen molar-refractivity contribution < 1.29 is 13.9 Å². The molecule has 0 N–H and O–H groups in total. The molecule has 0 saturated heterocycles. The van der Waals surface area contributed by atoms with Crippen LogP contribution in [-0.2, 0) is 6.42 Å². The van der Waals surface area contributed by atoms with E-state index in [-0.39, 0.29) is 5.78 Å². The minimum atomic E-state index is 0.0133. The fourth-order valence-electron chi connectivity index (χ4n) is 3.73. The lowest BCUT2D eigenvalue weighted by Gasteiger charge is -2.19. The van der Waals surface area contributed by atoms with Crippen LogP contribution in [0.15, 0.2) is 40.8 Å². The van der Waals surface area contributed by atoms with Crippen LogP contribution in [0.25, 0.3) is 11.0 Å². The zero-order valence-electron chi connectivity index (χ0n) is 18.5. The first-order valence-electron chi connectivity index (χ1n) is 10.6. The van der Waals surface area contributed by atoms with Gasteiger partial charge < -0.3 is 14.1 Å². The quantitative estimate of drug-likeness (QED) is 0.180. The summed E-state index contributed by atoms with van der Waals surface area (Å²) in [6, 6.07) is 11.7. The second-order valence-electron chi connectivity index (χ2n) is 8.28. The Morgan fingerprint density at radius 3 is 2.48 bits per heavy atom. The third-order valence-electron chi connectivity index (χ3n) is 5.10. The molecule has 3 rings (SSSR count). The van der Waals surface area contributed by atoms with E-state index in [0.29, 0.717) is 23.7 Å². The monoisotopic (exact) mass is 645 g/mol. The molecule has 1 aromatic heterocycles. The Bertz CT molecular complexity index is 1040. The Morgan fingerprint density at radius 1 is 1.16 bits per heavy atom. The molecule has 31 heavy (non-hydrogen) atoms. The molecule has 3 aromatic rings. The van der Waals surface area contributed by atoms with Gasteiger partial charge in [0.15, 0.2) is 5.78 Å². The van der Waals surface area contributed by atoms with Crippen LogP contribution in [0.5, 0.6) is 5.75 Å². The molecule has 0 aliphatic heterocycles. The highest BCUT2D eigenvalue weighted by Gasteiger charge is 2.23. The summed E-state index contributed by atoms with van der Waals surface area (Å²) in [6.07, 6.45) is 2.82. The number of unbranched alkanes of at least 4 members (excludes halogenated alkanes) is 1. The molecule has 166 valence electrons. The molecule has 1 heterocycles. The Kier molecular flexibility index (Phi) is 8.81. The number of para-hydroxylation sites is 1. The van der Waals surface area contributed by atoms with Crippen LogP contribution in [0.4, 0.5) is 0 Å². The molecule has 0 aliphatic rings. The fourth-order valence-corrected chi connectivity index (χ4v) is 5.81. The number of rotatable bonds is 10. The van der Waals surface area contributed by atoms with Gasteiger partial charge in [0.1, 0.15) is 17.1 Å². The largest absolute Gasteiger partial charge is 0.491 e. The smallest absolute Gasteiger partial charge is 0.197 e. The Morgan fingerprint density at radius 2 is 1.84 bits per heavy atom. The average Bonchev–Trinajstić information content (AvgIpc) is 3.08. The summed E-state index contributed by atoms with van der Waals surface area (Å²) in [5, 5.41) is 0.890. The summed E-state index contributed by atoms with van der Waals surface area (Å²) in [7, 11) is 4.14. The number of carbonyl (C=O) groups excluding carboxylic acids is 1. The summed E-state index contributed by atoms with van der Waals surface area (Å²) in [5.74, 6) is 2.07. The minimum absolute atomic E-state index is 0.0133. The van der Waals surface area contributed by atoms with Gasteiger partial charge in [0.05, 0.1) is 19.3 Å². The number of ether oxygens (including phenoxy) is 1. The number of fused-ring (bicyclic) bond motifs is 1. The summed E-state index contributed by atoms with van der Waals surface area (Å²) in [6.45, 7) is 5.94. The summed E-state index contributed by atoms with van der Waals surface area (Å²) < 4.78 is 14.1. The molecule has 0 aliphatic carbocycles. The molecule has 0 amide bonds. The molecule has 4 nitrogen and oxygen atoms in total. The topological polar surface area (TPSA) is 42.7 Å². The predicted octanol–water partition coefficient (Wildman–Crippen LogP) is 6.79. The third kappa shape index (κ3) is 6.01. The third-order valence-corrected chi connectivity index (χ3v) is 6.70. The first-order valence-corrected chi connectivity index (χ1v) is 12.8. The van der Waals surface area contributed by atoms with Crippen LogP contribution < -0.4 is 4.74 Å². The van der Waals surface area contributed by atoms with Crippen molar-refractivity contribution in [3.05, 3.63) is 60.4 Å². The molecule has 0 radical (unpaired) electrons. The van der Waals surface area contributed by atoms with E-state index in [1.165, 1.54) is 0 Å². The molecule has 0 bridgehead atoms. The molecule has 2 aromatic carbocycles. The molecule has 0 fully saturated rings. The second kappa shape index (κ2) is 11.1. The van der Waals surface area contributed by atoms with Gasteiger partial charge in [0.25, 0.3) is 0 Å². The number of hydrogen-bond acceptors (Lipinski definition) is 4. The van der Waals surface area contributed by atoms with Gasteiger partial charge in [-0.15, -0.1) is 0 Å². The zero-order valence-corrected chi connectivity index (χ0v) is 22.8. The van der Waals surface area contributed by atoms with Crippen molar-refractivity contribution in [2.45, 2.75) is 33.1 Å². The van der Waals surface area contributed by atoms with Crippen LogP contribution in [0, 0.1) is 13.1 Å². The van der Waals surface area contributed by atoms with Gasteiger partial charge in [0, 0.05) is 29.8 Å². The van der Waals surface area contributed by atoms with Crippen LogP contribution in [0.2, 0.25) is 0 Å². The lowest BCUT2D eigenvalue weighted by atomic mass is 9.98. The highest BCUT2D eigenvalue weighted by molar-refractivity contribution is 14.1. The number of benzene rings is 2. The highest BCUT2D eigenvalue weighted by Crippen LogP contribution is 2.33. The van der Waals surface area contributed by atoms with E-state index in [1.807, 2.05) is 36.4 Å². The van der Waals surface area contributed by atoms with Crippen LogP contribution in [0.1, 0.15) is 48.4 Å². The van der Waals surface area contributed by atoms with Crippen molar-refractivity contribution in [1.29, 1.82) is 0 Å². The van der Waals surface area contributed by atoms with Gasteiger partial charge in [-0.3, -0.25) is 4.79 Å². The normalized spacial score (nSPS) is 12.5. The standard InChI is InChI=1S/C25H29I2NO3/c1-5-6-10-22-23(18-9-7-8-11-21(18)31-22)24(29)17-12-19(26)25(20(27)13-17)30-15-16(2)14-28(3)4/h7-9,11-13,16H,5-6,10,14-15H2,1-4H3. The highest BCUT2D eigenvalue weighted by atomic mass is 127. The maximum Gasteiger partial charge on any atom is 0.197 e. The molecule has 6 heteroatoms. The van der Waals surface area contributed by atoms with Crippen molar-refractivity contribution in [3.63, 3.8) is 0 Å². The van der Waals surface area contributed by atoms with E-state index in [4.69, 9.17) is 9.15 Å². The molecular formula is C25H29I2NO3. The lowest BCUT2D eigenvalue weighted by molar-refractivity contribution is 0.103. The number of furan rings is 1. The van der Waals surface area contributed by atoms with E-state index < -0.39 is 0 Å². The lowest BCUT2D eigenvalue weighted by Crippen LogP contribution is -2.24. The fraction of sp³-hybridized carbons (Fsp3) is 0.400. The summed E-state index contributed by atoms with van der Waals surface area (Å²) in [5.41, 5.74) is 2.15. The van der Waals surface area contributed by atoms with Gasteiger partial charge in [-0.1, -0.05) is 38.5 Å². The maximum atomic E-state index is 13.6. The predicted molar refractivity (Wildman–Crippen MR) is 143 cm³/mol. The molecular weight excluding hydrogens is 616 g/mol. The van der Waals surface area contributed by atoms with Gasteiger partial charge in [-0.2, -0.15) is 0 Å². The maximum absolute atomic E-state index is 13.6. The van der Waals surface area contributed by atoms with Crippen molar-refractivity contribution in [1.82, 2.24) is 4.90 Å². The van der Waals surface area contributed by atoms with Gasteiger partial charge >= 0.3 is 0 Å². The first kappa shape index (κ1) is 24.5. The average molecular weight is 645 g/mol. The van der Waals surface area contributed by atoms with Crippen molar-refractivity contribution >= 4 is 61.9 Å². The van der Waals surface area contributed by atoms with Crippen LogP contribution >= 0.6 is 45.2 Å². The number of hydrogen-bond donors (Lipinski definition) is 0. The number of carbonyl (C=O) groups is 1. The van der Waals surface area contributed by atoms with E-state index in [1.54, 1.807) is 0 Å². The van der Waals surface area contributed by atoms with Crippen LogP contribution in [-0.4, -0.2) is 37.9 Å². The number of nitrogens with zero attached hydrogens (tertiary/aromatic N) is 1. The summed E-state index contributed by atoms with van der Waals surface area (Å²) in [4.78, 5) is 15.8. The van der Waals surface area contributed by atoms with Crippen LogP contribution in [0.3, 0.4) is 0 Å². The van der Waals surface area contributed by atoms with Gasteiger partial charge in [-0.05, 0) is 83.9 Å². The number of ketones is 1. The molecule has 1 unspecified atom stereocenters.